The molecular weight excluding hydrogens is 1020 g/mol. The summed E-state index contributed by atoms with van der Waals surface area (Å²) < 4.78 is 17.0. The average Bonchev–Trinajstić information content (AvgIpc) is 3.50. The van der Waals surface area contributed by atoms with Gasteiger partial charge in [-0.3, -0.25) is 14.4 Å². The summed E-state index contributed by atoms with van der Waals surface area (Å²) in [5.74, 6) is -0.844. The standard InChI is InChI=1S/C77H144O6/c1-4-7-10-13-16-19-22-25-28-31-33-35-37-39-41-43-46-49-52-55-58-61-64-67-70-76(79)82-73-74(72-81-75(78)69-66-63-60-57-54-51-48-45-30-27-24-21-18-15-12-9-6-3)83-77(80)71-68-65-62-59-56-53-50-47-44-42-40-38-36-34-32-29-26-23-20-17-14-11-8-5-2/h9,12,18,21,27,30,74H,4-8,10-11,13-17,19-20,22-26,28-29,31-73H2,1-3H3/b12-9-,21-18-,30-27-. The molecule has 0 saturated carbocycles. The minimum atomic E-state index is -0.775. The van der Waals surface area contributed by atoms with E-state index in [0.29, 0.717) is 19.3 Å². The molecule has 0 saturated heterocycles. The first-order chi connectivity index (χ1) is 41.0. The van der Waals surface area contributed by atoms with Crippen LogP contribution in [0.2, 0.25) is 0 Å². The molecule has 0 fully saturated rings. The molecule has 0 rings (SSSR count). The van der Waals surface area contributed by atoms with Gasteiger partial charge < -0.3 is 14.2 Å². The Hall–Kier alpha value is -2.37. The molecule has 6 heteroatoms. The number of allylic oxidation sites excluding steroid dienone is 6. The summed E-state index contributed by atoms with van der Waals surface area (Å²) in [4.78, 5) is 38.5. The van der Waals surface area contributed by atoms with E-state index in [1.165, 1.54) is 295 Å². The summed E-state index contributed by atoms with van der Waals surface area (Å²) in [6.45, 7) is 6.62. The Kier molecular flexibility index (Phi) is 70.0. The van der Waals surface area contributed by atoms with Crippen LogP contribution in [0.5, 0.6) is 0 Å². The summed E-state index contributed by atoms with van der Waals surface area (Å²) in [6.07, 6.45) is 90.5. The van der Waals surface area contributed by atoms with Crippen LogP contribution in [0.1, 0.15) is 419 Å². The smallest absolute Gasteiger partial charge is 0.306 e. The summed E-state index contributed by atoms with van der Waals surface area (Å²) >= 11 is 0. The first-order valence-electron chi connectivity index (χ1n) is 37.5. The van der Waals surface area contributed by atoms with Crippen molar-refractivity contribution in [1.82, 2.24) is 0 Å². The molecule has 0 bridgehead atoms. The Balaban J connectivity index is 4.27. The van der Waals surface area contributed by atoms with Crippen molar-refractivity contribution in [3.63, 3.8) is 0 Å². The van der Waals surface area contributed by atoms with Crippen LogP contribution in [0.4, 0.5) is 0 Å². The van der Waals surface area contributed by atoms with E-state index in [-0.39, 0.29) is 31.1 Å². The van der Waals surface area contributed by atoms with Crippen molar-refractivity contribution in [2.75, 3.05) is 13.2 Å². The molecule has 488 valence electrons. The van der Waals surface area contributed by atoms with Gasteiger partial charge in [-0.15, -0.1) is 0 Å². The number of hydrogen-bond donors (Lipinski definition) is 0. The lowest BCUT2D eigenvalue weighted by Crippen LogP contribution is -2.30. The summed E-state index contributed by atoms with van der Waals surface area (Å²) in [7, 11) is 0. The average molecular weight is 1170 g/mol. The highest BCUT2D eigenvalue weighted by Gasteiger charge is 2.20. The predicted molar refractivity (Wildman–Crippen MR) is 362 cm³/mol. The lowest BCUT2D eigenvalue weighted by Gasteiger charge is -2.18. The van der Waals surface area contributed by atoms with Crippen LogP contribution in [0.15, 0.2) is 36.5 Å². The molecule has 0 aromatic rings. The van der Waals surface area contributed by atoms with Crippen molar-refractivity contribution in [3.05, 3.63) is 36.5 Å². The minimum Gasteiger partial charge on any atom is -0.462 e. The number of carbonyl (C=O) groups is 3. The Labute approximate surface area is 518 Å². The molecular formula is C77H144O6. The van der Waals surface area contributed by atoms with E-state index >= 15 is 0 Å². The second-order valence-corrected chi connectivity index (χ2v) is 25.5. The van der Waals surface area contributed by atoms with Gasteiger partial charge in [-0.25, -0.2) is 0 Å². The maximum Gasteiger partial charge on any atom is 0.306 e. The van der Waals surface area contributed by atoms with E-state index in [0.717, 1.165) is 83.5 Å². The van der Waals surface area contributed by atoms with E-state index < -0.39 is 6.10 Å². The first kappa shape index (κ1) is 80.6. The number of esters is 3. The lowest BCUT2D eigenvalue weighted by molar-refractivity contribution is -0.167. The maximum atomic E-state index is 13.0. The first-order valence-corrected chi connectivity index (χ1v) is 37.5. The van der Waals surface area contributed by atoms with Crippen LogP contribution in [-0.4, -0.2) is 37.2 Å². The zero-order valence-electron chi connectivity index (χ0n) is 56.2. The third-order valence-corrected chi connectivity index (χ3v) is 17.2. The molecule has 0 aliphatic rings. The Morgan fingerprint density at radius 2 is 0.470 bits per heavy atom. The summed E-state index contributed by atoms with van der Waals surface area (Å²) in [5, 5.41) is 0. The molecule has 0 aliphatic carbocycles. The molecule has 0 radical (unpaired) electrons. The van der Waals surface area contributed by atoms with Crippen LogP contribution in [-0.2, 0) is 28.6 Å². The predicted octanol–water partition coefficient (Wildman–Crippen LogP) is 25.9. The summed E-state index contributed by atoms with van der Waals surface area (Å²) in [5.41, 5.74) is 0. The SMILES string of the molecule is CC/C=C\C/C=C\C/C=C\CCCCCCCCCC(=O)OCC(COC(=O)CCCCCCCCCCCCCCCCCCCCCCCCCC)OC(=O)CCCCCCCCCCCCCCCCCCCCCCCCCC. The fraction of sp³-hybridized carbons (Fsp3) is 0.883. The van der Waals surface area contributed by atoms with Crippen LogP contribution in [0, 0.1) is 0 Å². The van der Waals surface area contributed by atoms with Gasteiger partial charge in [0.05, 0.1) is 0 Å². The molecule has 0 aliphatic heterocycles. The normalized spacial score (nSPS) is 12.2. The van der Waals surface area contributed by atoms with Gasteiger partial charge in [0.1, 0.15) is 13.2 Å². The van der Waals surface area contributed by atoms with Gasteiger partial charge in [-0.2, -0.15) is 0 Å². The van der Waals surface area contributed by atoms with Crippen molar-refractivity contribution in [2.45, 2.75) is 425 Å². The highest BCUT2D eigenvalue weighted by Crippen LogP contribution is 2.19. The quantitative estimate of drug-likeness (QED) is 0.0261. The van der Waals surface area contributed by atoms with Gasteiger partial charge in [0, 0.05) is 19.3 Å². The molecule has 0 aromatic carbocycles. The van der Waals surface area contributed by atoms with Crippen molar-refractivity contribution in [3.8, 4) is 0 Å². The summed E-state index contributed by atoms with van der Waals surface area (Å²) in [6, 6.07) is 0. The van der Waals surface area contributed by atoms with E-state index in [9.17, 15) is 14.4 Å². The number of carbonyl (C=O) groups excluding carboxylic acids is 3. The van der Waals surface area contributed by atoms with Crippen LogP contribution in [0.3, 0.4) is 0 Å². The zero-order chi connectivity index (χ0) is 59.9. The second-order valence-electron chi connectivity index (χ2n) is 25.5. The van der Waals surface area contributed by atoms with Gasteiger partial charge in [0.15, 0.2) is 6.10 Å². The van der Waals surface area contributed by atoms with Crippen molar-refractivity contribution >= 4 is 17.9 Å². The Morgan fingerprint density at radius 1 is 0.253 bits per heavy atom. The third kappa shape index (κ3) is 70.3. The van der Waals surface area contributed by atoms with Crippen LogP contribution in [0.25, 0.3) is 0 Å². The number of rotatable bonds is 70. The molecule has 6 nitrogen and oxygen atoms in total. The highest BCUT2D eigenvalue weighted by molar-refractivity contribution is 5.71. The van der Waals surface area contributed by atoms with E-state index in [2.05, 4.69) is 57.2 Å². The Morgan fingerprint density at radius 3 is 0.735 bits per heavy atom. The molecule has 0 aromatic heterocycles. The molecule has 83 heavy (non-hydrogen) atoms. The topological polar surface area (TPSA) is 78.9 Å². The molecule has 1 atom stereocenters. The number of ether oxygens (including phenoxy) is 3. The molecule has 0 heterocycles. The van der Waals surface area contributed by atoms with Gasteiger partial charge in [-0.05, 0) is 51.4 Å². The minimum absolute atomic E-state index is 0.0690. The highest BCUT2D eigenvalue weighted by atomic mass is 16.6. The molecule has 0 amide bonds. The Bertz CT molecular complexity index is 1380. The van der Waals surface area contributed by atoms with Gasteiger partial charge in [-0.1, -0.05) is 385 Å². The second kappa shape index (κ2) is 72.1. The van der Waals surface area contributed by atoms with E-state index in [1.807, 2.05) is 0 Å². The van der Waals surface area contributed by atoms with Crippen molar-refractivity contribution in [2.24, 2.45) is 0 Å². The van der Waals surface area contributed by atoms with Crippen LogP contribution >= 0.6 is 0 Å². The monoisotopic (exact) mass is 1170 g/mol. The third-order valence-electron chi connectivity index (χ3n) is 17.2. The fourth-order valence-electron chi connectivity index (χ4n) is 11.6. The fourth-order valence-corrected chi connectivity index (χ4v) is 11.6. The number of unbranched alkanes of at least 4 members (excludes halogenated alkanes) is 53. The molecule has 0 N–H and O–H groups in total. The van der Waals surface area contributed by atoms with Crippen molar-refractivity contribution in [1.29, 1.82) is 0 Å². The van der Waals surface area contributed by atoms with Gasteiger partial charge >= 0.3 is 17.9 Å². The lowest BCUT2D eigenvalue weighted by atomic mass is 10.0. The molecule has 0 spiro atoms. The van der Waals surface area contributed by atoms with Crippen molar-refractivity contribution < 1.29 is 28.6 Å². The van der Waals surface area contributed by atoms with Gasteiger partial charge in [0.25, 0.3) is 0 Å². The van der Waals surface area contributed by atoms with Crippen LogP contribution < -0.4 is 0 Å². The molecule has 1 unspecified atom stereocenters. The number of hydrogen-bond acceptors (Lipinski definition) is 6. The largest absolute Gasteiger partial charge is 0.462 e. The maximum absolute atomic E-state index is 13.0. The zero-order valence-corrected chi connectivity index (χ0v) is 56.2. The van der Waals surface area contributed by atoms with E-state index in [1.54, 1.807) is 0 Å². The van der Waals surface area contributed by atoms with E-state index in [4.69, 9.17) is 14.2 Å². The van der Waals surface area contributed by atoms with Gasteiger partial charge in [0.2, 0.25) is 0 Å².